The highest BCUT2D eigenvalue weighted by Gasteiger charge is 2.31. The van der Waals surface area contributed by atoms with E-state index in [4.69, 9.17) is 0 Å². The van der Waals surface area contributed by atoms with Gasteiger partial charge in [0.1, 0.15) is 0 Å². The van der Waals surface area contributed by atoms with Crippen LogP contribution in [0.3, 0.4) is 0 Å². The van der Waals surface area contributed by atoms with Crippen molar-refractivity contribution in [2.45, 2.75) is 30.3 Å². The van der Waals surface area contributed by atoms with Crippen molar-refractivity contribution in [3.8, 4) is 0 Å². The van der Waals surface area contributed by atoms with Crippen molar-refractivity contribution in [1.82, 2.24) is 4.31 Å². The van der Waals surface area contributed by atoms with Crippen LogP contribution in [0.15, 0.2) is 23.1 Å². The zero-order valence-corrected chi connectivity index (χ0v) is 12.4. The predicted octanol–water partition coefficient (Wildman–Crippen LogP) is 2.62. The Bertz CT molecular complexity index is 614. The molecule has 0 unspecified atom stereocenters. The molecule has 1 N–H and O–H groups in total. The Hall–Kier alpha value is -1.28. The summed E-state index contributed by atoms with van der Waals surface area (Å²) >= 11 is 0. The summed E-state index contributed by atoms with van der Waals surface area (Å²) in [5.41, 5.74) is 1.40. The zero-order chi connectivity index (χ0) is 15.7. The molecule has 1 aliphatic rings. The van der Waals surface area contributed by atoms with Gasteiger partial charge in [-0.2, -0.15) is 13.2 Å². The number of benzene rings is 1. The average molecular weight is 322 g/mol. The number of sulfonamides is 1. The van der Waals surface area contributed by atoms with Gasteiger partial charge in [-0.3, -0.25) is 0 Å². The molecule has 8 heteroatoms. The molecule has 1 heterocycles. The van der Waals surface area contributed by atoms with E-state index in [0.717, 1.165) is 23.0 Å². The van der Waals surface area contributed by atoms with E-state index in [-0.39, 0.29) is 4.90 Å². The van der Waals surface area contributed by atoms with Gasteiger partial charge in [-0.1, -0.05) is 6.07 Å². The average Bonchev–Trinajstić information content (AvgIpc) is 2.43. The van der Waals surface area contributed by atoms with Gasteiger partial charge < -0.3 is 5.32 Å². The molecule has 21 heavy (non-hydrogen) atoms. The van der Waals surface area contributed by atoms with Crippen LogP contribution < -0.4 is 5.32 Å². The SMILES string of the molecule is CN(CCC(F)(F)F)S(=O)(=O)c1cccc2c1CCCN2. The Labute approximate surface area is 122 Å². The van der Waals surface area contributed by atoms with Crippen LogP contribution in [0.2, 0.25) is 0 Å². The molecule has 2 rings (SSSR count). The van der Waals surface area contributed by atoms with Crippen molar-refractivity contribution >= 4 is 15.7 Å². The van der Waals surface area contributed by atoms with E-state index in [0.29, 0.717) is 12.0 Å². The standard InChI is InChI=1S/C13H17F3N2O2S/c1-18(9-7-13(14,15)16)21(19,20)12-6-2-5-11-10(12)4-3-8-17-11/h2,5-6,17H,3-4,7-9H2,1H3. The lowest BCUT2D eigenvalue weighted by molar-refractivity contribution is -0.135. The number of anilines is 1. The second-order valence-corrected chi connectivity index (χ2v) is 7.02. The third kappa shape index (κ3) is 3.68. The Morgan fingerprint density at radius 1 is 1.33 bits per heavy atom. The van der Waals surface area contributed by atoms with Gasteiger partial charge >= 0.3 is 6.18 Å². The Morgan fingerprint density at radius 2 is 2.05 bits per heavy atom. The lowest BCUT2D eigenvalue weighted by Crippen LogP contribution is -2.31. The topological polar surface area (TPSA) is 49.4 Å². The molecule has 0 aromatic heterocycles. The van der Waals surface area contributed by atoms with Crippen LogP contribution in [-0.4, -0.2) is 39.0 Å². The first kappa shape index (κ1) is 16.1. The monoisotopic (exact) mass is 322 g/mol. The second kappa shape index (κ2) is 5.84. The number of nitrogens with one attached hydrogen (secondary N) is 1. The van der Waals surface area contributed by atoms with Crippen LogP contribution in [0.25, 0.3) is 0 Å². The minimum absolute atomic E-state index is 0.0943. The molecule has 0 saturated heterocycles. The summed E-state index contributed by atoms with van der Waals surface area (Å²) in [6.07, 6.45) is -4.13. The molecule has 0 saturated carbocycles. The molecular formula is C13H17F3N2O2S. The summed E-state index contributed by atoms with van der Waals surface area (Å²) in [6.45, 7) is 0.184. The summed E-state index contributed by atoms with van der Waals surface area (Å²) in [6, 6.07) is 4.83. The fraction of sp³-hybridized carbons (Fsp3) is 0.538. The third-order valence-corrected chi connectivity index (χ3v) is 5.39. The molecule has 1 aromatic rings. The number of halogens is 3. The Morgan fingerprint density at radius 3 is 2.71 bits per heavy atom. The molecule has 0 aliphatic carbocycles. The minimum atomic E-state index is -4.37. The van der Waals surface area contributed by atoms with Gasteiger partial charge in [0.15, 0.2) is 0 Å². The van der Waals surface area contributed by atoms with Gasteiger partial charge in [0, 0.05) is 25.8 Å². The zero-order valence-electron chi connectivity index (χ0n) is 11.6. The molecule has 0 atom stereocenters. The molecule has 0 amide bonds. The Kier molecular flexibility index (Phi) is 4.48. The van der Waals surface area contributed by atoms with Crippen LogP contribution in [0.5, 0.6) is 0 Å². The molecular weight excluding hydrogens is 305 g/mol. The van der Waals surface area contributed by atoms with Crippen LogP contribution in [-0.2, 0) is 16.4 Å². The smallest absolute Gasteiger partial charge is 0.385 e. The number of fused-ring (bicyclic) bond motifs is 1. The van der Waals surface area contributed by atoms with E-state index in [1.54, 1.807) is 12.1 Å². The van der Waals surface area contributed by atoms with E-state index >= 15 is 0 Å². The van der Waals surface area contributed by atoms with Crippen LogP contribution >= 0.6 is 0 Å². The summed E-state index contributed by atoms with van der Waals surface area (Å²) in [7, 11) is -2.73. The van der Waals surface area contributed by atoms with Crippen molar-refractivity contribution in [1.29, 1.82) is 0 Å². The number of rotatable bonds is 4. The fourth-order valence-corrected chi connectivity index (χ4v) is 3.73. The van der Waals surface area contributed by atoms with Gasteiger partial charge in [-0.05, 0) is 30.5 Å². The quantitative estimate of drug-likeness (QED) is 0.927. The molecule has 0 bridgehead atoms. The summed E-state index contributed by atoms with van der Waals surface area (Å²) in [4.78, 5) is 0.0943. The number of alkyl halides is 3. The molecule has 4 nitrogen and oxygen atoms in total. The van der Waals surface area contributed by atoms with Gasteiger partial charge in [0.05, 0.1) is 11.3 Å². The van der Waals surface area contributed by atoms with E-state index in [9.17, 15) is 21.6 Å². The normalized spacial score (nSPS) is 15.7. The summed E-state index contributed by atoms with van der Waals surface area (Å²) in [5.74, 6) is 0. The van der Waals surface area contributed by atoms with E-state index in [1.165, 1.54) is 13.1 Å². The lowest BCUT2D eigenvalue weighted by Gasteiger charge is -2.24. The number of nitrogens with zero attached hydrogens (tertiary/aromatic N) is 1. The number of hydrogen-bond acceptors (Lipinski definition) is 3. The van der Waals surface area contributed by atoms with E-state index in [1.807, 2.05) is 0 Å². The third-order valence-electron chi connectivity index (χ3n) is 3.45. The predicted molar refractivity (Wildman–Crippen MR) is 73.7 cm³/mol. The minimum Gasteiger partial charge on any atom is -0.385 e. The largest absolute Gasteiger partial charge is 0.390 e. The Balaban J connectivity index is 2.27. The van der Waals surface area contributed by atoms with Crippen molar-refractivity contribution in [3.05, 3.63) is 23.8 Å². The summed E-state index contributed by atoms with van der Waals surface area (Å²) in [5, 5.41) is 3.11. The first-order valence-electron chi connectivity index (χ1n) is 6.61. The highest BCUT2D eigenvalue weighted by Crippen LogP contribution is 2.30. The summed E-state index contributed by atoms with van der Waals surface area (Å²) < 4.78 is 62.4. The highest BCUT2D eigenvalue weighted by atomic mass is 32.2. The van der Waals surface area contributed by atoms with Crippen molar-refractivity contribution in [2.75, 3.05) is 25.5 Å². The van der Waals surface area contributed by atoms with Crippen LogP contribution in [0.1, 0.15) is 18.4 Å². The van der Waals surface area contributed by atoms with Crippen molar-refractivity contribution in [2.24, 2.45) is 0 Å². The van der Waals surface area contributed by atoms with E-state index in [2.05, 4.69) is 5.32 Å². The molecule has 1 aromatic carbocycles. The van der Waals surface area contributed by atoms with Crippen molar-refractivity contribution in [3.63, 3.8) is 0 Å². The molecule has 0 fully saturated rings. The fourth-order valence-electron chi connectivity index (χ4n) is 2.29. The maximum atomic E-state index is 12.5. The van der Waals surface area contributed by atoms with Gasteiger partial charge in [0.2, 0.25) is 10.0 Å². The van der Waals surface area contributed by atoms with Gasteiger partial charge in [-0.15, -0.1) is 0 Å². The molecule has 0 spiro atoms. The molecule has 118 valence electrons. The van der Waals surface area contributed by atoms with Crippen LogP contribution in [0.4, 0.5) is 18.9 Å². The maximum Gasteiger partial charge on any atom is 0.390 e. The molecule has 0 radical (unpaired) electrons. The maximum absolute atomic E-state index is 12.5. The number of hydrogen-bond donors (Lipinski definition) is 1. The first-order chi connectivity index (χ1) is 9.72. The first-order valence-corrected chi connectivity index (χ1v) is 8.05. The van der Waals surface area contributed by atoms with Crippen LogP contribution in [0, 0.1) is 0 Å². The van der Waals surface area contributed by atoms with E-state index < -0.39 is 29.2 Å². The lowest BCUT2D eigenvalue weighted by atomic mass is 10.0. The van der Waals surface area contributed by atoms with Crippen molar-refractivity contribution < 1.29 is 21.6 Å². The van der Waals surface area contributed by atoms with Gasteiger partial charge in [0.25, 0.3) is 0 Å². The van der Waals surface area contributed by atoms with Gasteiger partial charge in [-0.25, -0.2) is 12.7 Å². The molecule has 1 aliphatic heterocycles. The second-order valence-electron chi connectivity index (χ2n) is 5.00. The highest BCUT2D eigenvalue weighted by molar-refractivity contribution is 7.89.